The number of hydrogen-bond donors (Lipinski definition) is 2. The number of nitrogens with one attached hydrogen (secondary N) is 1. The van der Waals surface area contributed by atoms with Crippen LogP contribution in [0.3, 0.4) is 0 Å². The van der Waals surface area contributed by atoms with Crippen molar-refractivity contribution in [3.05, 3.63) is 22.2 Å². The molecule has 1 aromatic carbocycles. The third-order valence-corrected chi connectivity index (χ3v) is 7.66. The maximum absolute atomic E-state index is 12.9. The Balaban J connectivity index is 1.38. The van der Waals surface area contributed by atoms with E-state index in [4.69, 9.17) is 10.5 Å². The highest BCUT2D eigenvalue weighted by molar-refractivity contribution is 9.10. The van der Waals surface area contributed by atoms with E-state index in [0.29, 0.717) is 29.1 Å². The minimum absolute atomic E-state index is 0.0670. The van der Waals surface area contributed by atoms with Crippen LogP contribution in [-0.2, 0) is 0 Å². The molecule has 2 unspecified atom stereocenters. The Kier molecular flexibility index (Phi) is 6.16. The number of anilines is 1. The summed E-state index contributed by atoms with van der Waals surface area (Å²) in [4.78, 5) is 15.7. The Hall–Kier alpha value is -1.27. The van der Waals surface area contributed by atoms with Crippen LogP contribution in [0.15, 0.2) is 16.6 Å². The quantitative estimate of drug-likeness (QED) is 0.655. The second kappa shape index (κ2) is 8.62. The number of nitrogens with two attached hydrogens (primary N) is 1. The van der Waals surface area contributed by atoms with Crippen molar-refractivity contribution in [2.45, 2.75) is 75.9 Å². The van der Waals surface area contributed by atoms with Crippen molar-refractivity contribution in [1.82, 2.24) is 10.2 Å². The molecule has 0 radical (unpaired) electrons. The van der Waals surface area contributed by atoms with Gasteiger partial charge in [0.05, 0.1) is 12.7 Å². The Morgan fingerprint density at radius 2 is 1.86 bits per heavy atom. The second-order valence-corrected chi connectivity index (χ2v) is 9.66. The maximum atomic E-state index is 12.9. The maximum Gasteiger partial charge on any atom is 0.255 e. The molecule has 2 saturated heterocycles. The number of carbonyl (C=O) groups is 1. The van der Waals surface area contributed by atoms with Gasteiger partial charge in [-0.05, 0) is 66.4 Å². The van der Waals surface area contributed by atoms with Crippen molar-refractivity contribution in [1.29, 1.82) is 0 Å². The first-order valence-corrected chi connectivity index (χ1v) is 11.5. The Morgan fingerprint density at radius 1 is 1.18 bits per heavy atom. The molecule has 1 aliphatic carbocycles. The lowest BCUT2D eigenvalue weighted by atomic mass is 9.87. The lowest BCUT2D eigenvalue weighted by molar-refractivity contribution is 0.0760. The summed E-state index contributed by atoms with van der Waals surface area (Å²) in [6, 6.07) is 4.97. The van der Waals surface area contributed by atoms with Crippen LogP contribution in [0.5, 0.6) is 5.75 Å². The molecule has 0 spiro atoms. The average Bonchev–Trinajstić information content (AvgIpc) is 2.92. The molecule has 1 amide bonds. The van der Waals surface area contributed by atoms with Gasteiger partial charge in [0.1, 0.15) is 5.75 Å². The first-order valence-electron chi connectivity index (χ1n) is 10.7. The summed E-state index contributed by atoms with van der Waals surface area (Å²) in [6.07, 6.45) is 11.7. The van der Waals surface area contributed by atoms with Gasteiger partial charge in [0.2, 0.25) is 0 Å². The van der Waals surface area contributed by atoms with Gasteiger partial charge in [-0.25, -0.2) is 0 Å². The average molecular weight is 450 g/mol. The highest BCUT2D eigenvalue weighted by Gasteiger charge is 2.41. The summed E-state index contributed by atoms with van der Waals surface area (Å²) < 4.78 is 6.10. The molecular formula is C22H32BrN3O2. The van der Waals surface area contributed by atoms with E-state index in [9.17, 15) is 4.79 Å². The van der Waals surface area contributed by atoms with E-state index >= 15 is 0 Å². The van der Waals surface area contributed by atoms with E-state index in [2.05, 4.69) is 26.1 Å². The molecule has 154 valence electrons. The molecule has 1 aromatic rings. The number of amides is 1. The number of nitrogens with zero attached hydrogens (tertiary/aromatic N) is 1. The molecule has 5 nitrogen and oxygen atoms in total. The van der Waals surface area contributed by atoms with Gasteiger partial charge in [0, 0.05) is 40.9 Å². The third-order valence-electron chi connectivity index (χ3n) is 6.98. The number of methoxy groups -OCH3 is 1. The molecule has 0 aromatic heterocycles. The van der Waals surface area contributed by atoms with Crippen LogP contribution >= 0.6 is 15.9 Å². The summed E-state index contributed by atoms with van der Waals surface area (Å²) in [7, 11) is 1.57. The topological polar surface area (TPSA) is 67.6 Å². The highest BCUT2D eigenvalue weighted by Crippen LogP contribution is 2.38. The number of benzene rings is 1. The molecule has 4 rings (SSSR count). The van der Waals surface area contributed by atoms with Gasteiger partial charge in [0.25, 0.3) is 5.91 Å². The zero-order valence-corrected chi connectivity index (χ0v) is 18.3. The first-order chi connectivity index (χ1) is 13.5. The van der Waals surface area contributed by atoms with E-state index < -0.39 is 0 Å². The number of fused-ring (bicyclic) bond motifs is 2. The van der Waals surface area contributed by atoms with Crippen molar-refractivity contribution in [2.75, 3.05) is 19.4 Å². The van der Waals surface area contributed by atoms with Crippen LogP contribution in [0.1, 0.15) is 68.1 Å². The van der Waals surface area contributed by atoms with Crippen LogP contribution in [0.2, 0.25) is 0 Å². The number of halogens is 1. The molecule has 2 atom stereocenters. The normalized spacial score (nSPS) is 28.3. The minimum Gasteiger partial charge on any atom is -0.496 e. The fourth-order valence-corrected chi connectivity index (χ4v) is 5.88. The van der Waals surface area contributed by atoms with Crippen molar-refractivity contribution in [3.8, 4) is 5.75 Å². The fourth-order valence-electron chi connectivity index (χ4n) is 5.54. The van der Waals surface area contributed by atoms with Crippen molar-refractivity contribution < 1.29 is 9.53 Å². The first kappa shape index (κ1) is 20.0. The van der Waals surface area contributed by atoms with Crippen LogP contribution in [0, 0.1) is 5.92 Å². The third kappa shape index (κ3) is 4.18. The van der Waals surface area contributed by atoms with Crippen molar-refractivity contribution in [3.63, 3.8) is 0 Å². The minimum atomic E-state index is -0.0670. The number of piperidine rings is 1. The highest BCUT2D eigenvalue weighted by atomic mass is 79.9. The Morgan fingerprint density at radius 3 is 2.50 bits per heavy atom. The summed E-state index contributed by atoms with van der Waals surface area (Å²) in [5.41, 5.74) is 7.04. The molecule has 2 aliphatic heterocycles. The molecule has 28 heavy (non-hydrogen) atoms. The number of hydrogen-bond acceptors (Lipinski definition) is 4. The standard InChI is InChI=1S/C22H32BrN3O2/c1-28-21-12-20(24)19(23)11-18(21)22(27)25-15-9-16-7-8-17(10-15)26(16)13-14-5-3-2-4-6-14/h11-12,14-17H,2-10,13,24H2,1H3,(H,25,27). The zero-order chi connectivity index (χ0) is 19.7. The van der Waals surface area contributed by atoms with Gasteiger partial charge >= 0.3 is 0 Å². The van der Waals surface area contributed by atoms with E-state index in [1.54, 1.807) is 19.2 Å². The van der Waals surface area contributed by atoms with Crippen LogP contribution < -0.4 is 15.8 Å². The lowest BCUT2D eigenvalue weighted by Crippen LogP contribution is -2.51. The molecule has 3 N–H and O–H groups in total. The van der Waals surface area contributed by atoms with E-state index in [1.807, 2.05) is 0 Å². The van der Waals surface area contributed by atoms with E-state index in [1.165, 1.54) is 51.5 Å². The number of nitrogen functional groups attached to an aromatic ring is 1. The van der Waals surface area contributed by atoms with Crippen molar-refractivity contribution in [2.24, 2.45) is 5.92 Å². The van der Waals surface area contributed by atoms with Crippen molar-refractivity contribution >= 4 is 27.5 Å². The number of carbonyl (C=O) groups excluding carboxylic acids is 1. The zero-order valence-electron chi connectivity index (χ0n) is 16.8. The van der Waals surface area contributed by atoms with Crippen LogP contribution in [0.4, 0.5) is 5.69 Å². The van der Waals surface area contributed by atoms with Gasteiger partial charge in [-0.15, -0.1) is 0 Å². The van der Waals surface area contributed by atoms with Gasteiger partial charge in [0.15, 0.2) is 0 Å². The summed E-state index contributed by atoms with van der Waals surface area (Å²) in [5, 5.41) is 3.27. The second-order valence-electron chi connectivity index (χ2n) is 8.80. The van der Waals surface area contributed by atoms with E-state index in [0.717, 1.165) is 23.2 Å². The molecule has 1 saturated carbocycles. The predicted octanol–water partition coefficient (Wildman–Crippen LogP) is 4.35. The molecule has 2 heterocycles. The molecular weight excluding hydrogens is 418 g/mol. The monoisotopic (exact) mass is 449 g/mol. The molecule has 3 aliphatic rings. The van der Waals surface area contributed by atoms with Gasteiger partial charge in [-0.3, -0.25) is 9.69 Å². The smallest absolute Gasteiger partial charge is 0.255 e. The predicted molar refractivity (Wildman–Crippen MR) is 116 cm³/mol. The van der Waals surface area contributed by atoms with Crippen LogP contribution in [0.25, 0.3) is 0 Å². The largest absolute Gasteiger partial charge is 0.496 e. The summed E-state index contributed by atoms with van der Waals surface area (Å²) in [6.45, 7) is 1.27. The Bertz CT molecular complexity index is 706. The molecule has 6 heteroatoms. The molecule has 2 bridgehead atoms. The van der Waals surface area contributed by atoms with Crippen LogP contribution in [-0.4, -0.2) is 42.6 Å². The van der Waals surface area contributed by atoms with Gasteiger partial charge in [-0.2, -0.15) is 0 Å². The number of rotatable bonds is 5. The molecule has 3 fully saturated rings. The Labute approximate surface area is 176 Å². The fraction of sp³-hybridized carbons (Fsp3) is 0.682. The summed E-state index contributed by atoms with van der Waals surface area (Å²) >= 11 is 3.42. The summed E-state index contributed by atoms with van der Waals surface area (Å²) in [5.74, 6) is 1.35. The SMILES string of the molecule is COc1cc(N)c(Br)cc1C(=O)NC1CC2CCC(C1)N2CC1CCCCC1. The number of ether oxygens (including phenoxy) is 1. The van der Waals surface area contributed by atoms with Gasteiger partial charge in [-0.1, -0.05) is 19.3 Å². The van der Waals surface area contributed by atoms with Gasteiger partial charge < -0.3 is 15.8 Å². The lowest BCUT2D eigenvalue weighted by Gasteiger charge is -2.41. The van der Waals surface area contributed by atoms with E-state index in [-0.39, 0.29) is 11.9 Å².